The third kappa shape index (κ3) is 3.78. The van der Waals surface area contributed by atoms with Gasteiger partial charge in [0.1, 0.15) is 12.5 Å². The molecule has 7 nitrogen and oxygen atoms in total. The molecule has 0 bridgehead atoms. The molecule has 0 spiro atoms. The van der Waals surface area contributed by atoms with Crippen LogP contribution in [-0.4, -0.2) is 45.7 Å². The van der Waals surface area contributed by atoms with Crippen molar-refractivity contribution in [1.29, 1.82) is 0 Å². The minimum Gasteiger partial charge on any atom is -0.375 e. The second-order valence-electron chi connectivity index (χ2n) is 9.15. The highest BCUT2D eigenvalue weighted by Crippen LogP contribution is 2.48. The van der Waals surface area contributed by atoms with Gasteiger partial charge in [0.2, 0.25) is 5.60 Å². The quantitative estimate of drug-likeness (QED) is 0.687. The van der Waals surface area contributed by atoms with Gasteiger partial charge in [-0.1, -0.05) is 12.1 Å². The van der Waals surface area contributed by atoms with Gasteiger partial charge in [0, 0.05) is 18.9 Å². The van der Waals surface area contributed by atoms with Gasteiger partial charge in [-0.2, -0.15) is 18.3 Å². The highest BCUT2D eigenvalue weighted by molar-refractivity contribution is 5.68. The van der Waals surface area contributed by atoms with Gasteiger partial charge in [-0.25, -0.2) is 0 Å². The van der Waals surface area contributed by atoms with Crippen molar-refractivity contribution < 1.29 is 32.3 Å². The first-order valence-electron chi connectivity index (χ1n) is 10.5. The number of methoxy groups -OCH3 is 1. The maximum Gasteiger partial charge on any atom is 0.422 e. The van der Waals surface area contributed by atoms with Crippen LogP contribution in [0.25, 0.3) is 11.3 Å². The van der Waals surface area contributed by atoms with Crippen LogP contribution < -0.4 is 0 Å². The van der Waals surface area contributed by atoms with Crippen LogP contribution in [0.1, 0.15) is 75.4 Å². The summed E-state index contributed by atoms with van der Waals surface area (Å²) in [6.07, 6.45) is 0.879. The predicted molar refractivity (Wildman–Crippen MR) is 104 cm³/mol. The lowest BCUT2D eigenvalue weighted by molar-refractivity contribution is -0.261. The maximum absolute atomic E-state index is 13.4. The lowest BCUT2D eigenvalue weighted by Gasteiger charge is -2.37. The van der Waals surface area contributed by atoms with E-state index in [1.807, 2.05) is 10.9 Å². The van der Waals surface area contributed by atoms with Crippen LogP contribution in [-0.2, 0) is 21.5 Å². The summed E-state index contributed by atoms with van der Waals surface area (Å²) in [6, 6.07) is 0.171. The summed E-state index contributed by atoms with van der Waals surface area (Å²) in [5, 5.41) is 18.5. The van der Waals surface area contributed by atoms with Gasteiger partial charge in [-0.05, 0) is 51.9 Å². The molecule has 0 saturated heterocycles. The van der Waals surface area contributed by atoms with E-state index in [1.54, 1.807) is 14.0 Å². The van der Waals surface area contributed by atoms with Crippen molar-refractivity contribution in [1.82, 2.24) is 14.9 Å². The van der Waals surface area contributed by atoms with Crippen LogP contribution in [0.2, 0.25) is 0 Å². The van der Waals surface area contributed by atoms with Gasteiger partial charge in [0.05, 0.1) is 22.9 Å². The SMILES string of the molecule is COCOC1(C)CCC(n2cc3c(n2)C[C@H](C)c2c([C@@](C)(O)C(F)(F)F)noc2-3)CC1. The first-order chi connectivity index (χ1) is 14.5. The fourth-order valence-electron chi connectivity index (χ4n) is 4.61. The molecule has 2 aromatic rings. The van der Waals surface area contributed by atoms with Gasteiger partial charge in [0.25, 0.3) is 0 Å². The highest BCUT2D eigenvalue weighted by Gasteiger charge is 2.55. The Balaban J connectivity index is 1.60. The molecule has 2 aliphatic rings. The smallest absolute Gasteiger partial charge is 0.375 e. The number of fused-ring (bicyclic) bond motifs is 3. The summed E-state index contributed by atoms with van der Waals surface area (Å²) >= 11 is 0. The van der Waals surface area contributed by atoms with E-state index in [-0.39, 0.29) is 30.1 Å². The van der Waals surface area contributed by atoms with Gasteiger partial charge in [-0.15, -0.1) is 0 Å². The summed E-state index contributed by atoms with van der Waals surface area (Å²) in [6.45, 7) is 4.84. The lowest BCUT2D eigenvalue weighted by atomic mass is 9.82. The Hall–Kier alpha value is -1.91. The predicted octanol–water partition coefficient (Wildman–Crippen LogP) is 4.46. The molecule has 1 fully saturated rings. The second kappa shape index (κ2) is 7.60. The topological polar surface area (TPSA) is 82.5 Å². The number of halogens is 3. The van der Waals surface area contributed by atoms with E-state index in [2.05, 4.69) is 12.1 Å². The van der Waals surface area contributed by atoms with E-state index in [9.17, 15) is 18.3 Å². The third-order valence-electron chi connectivity index (χ3n) is 6.70. The lowest BCUT2D eigenvalue weighted by Crippen LogP contribution is -2.40. The van der Waals surface area contributed by atoms with Crippen LogP contribution >= 0.6 is 0 Å². The van der Waals surface area contributed by atoms with Crippen LogP contribution in [0, 0.1) is 0 Å². The third-order valence-corrected chi connectivity index (χ3v) is 6.70. The number of rotatable bonds is 5. The van der Waals surface area contributed by atoms with Crippen molar-refractivity contribution in [3.63, 3.8) is 0 Å². The minimum absolute atomic E-state index is 0.171. The molecule has 0 aliphatic heterocycles. The summed E-state index contributed by atoms with van der Waals surface area (Å²) in [7, 11) is 1.60. The molecule has 0 amide bonds. The number of alkyl halides is 3. The Morgan fingerprint density at radius 1 is 1.32 bits per heavy atom. The molecule has 2 aromatic heterocycles. The van der Waals surface area contributed by atoms with E-state index in [0.717, 1.165) is 31.4 Å². The minimum atomic E-state index is -4.86. The molecule has 0 aromatic carbocycles. The van der Waals surface area contributed by atoms with Crippen LogP contribution in [0.15, 0.2) is 10.7 Å². The van der Waals surface area contributed by atoms with E-state index in [4.69, 9.17) is 19.1 Å². The molecular weight excluding hydrogens is 415 g/mol. The molecule has 2 atom stereocenters. The largest absolute Gasteiger partial charge is 0.422 e. The summed E-state index contributed by atoms with van der Waals surface area (Å²) < 4.78 is 58.3. The first-order valence-corrected chi connectivity index (χ1v) is 10.5. The van der Waals surface area contributed by atoms with Crippen LogP contribution in [0.3, 0.4) is 0 Å². The first kappa shape index (κ1) is 22.3. The fraction of sp³-hybridized carbons (Fsp3) is 0.714. The number of ether oxygens (including phenoxy) is 2. The Morgan fingerprint density at radius 3 is 2.61 bits per heavy atom. The average molecular weight is 443 g/mol. The Bertz CT molecular complexity index is 942. The van der Waals surface area contributed by atoms with Crippen molar-refractivity contribution in [2.24, 2.45) is 0 Å². The van der Waals surface area contributed by atoms with Crippen molar-refractivity contribution in [2.75, 3.05) is 13.9 Å². The van der Waals surface area contributed by atoms with Gasteiger partial charge in [0.15, 0.2) is 5.76 Å². The van der Waals surface area contributed by atoms with Gasteiger partial charge < -0.3 is 19.1 Å². The van der Waals surface area contributed by atoms with Gasteiger partial charge >= 0.3 is 6.18 Å². The second-order valence-corrected chi connectivity index (χ2v) is 9.15. The van der Waals surface area contributed by atoms with E-state index in [1.165, 1.54) is 0 Å². The molecule has 1 N–H and O–H groups in total. The molecule has 10 heteroatoms. The summed E-state index contributed by atoms with van der Waals surface area (Å²) in [5.74, 6) is -0.0402. The highest BCUT2D eigenvalue weighted by atomic mass is 19.4. The molecule has 1 saturated carbocycles. The van der Waals surface area contributed by atoms with Gasteiger partial charge in [-0.3, -0.25) is 4.68 Å². The Kier molecular flexibility index (Phi) is 5.46. The molecule has 31 heavy (non-hydrogen) atoms. The van der Waals surface area contributed by atoms with E-state index < -0.39 is 17.5 Å². The fourth-order valence-corrected chi connectivity index (χ4v) is 4.61. The molecule has 2 heterocycles. The van der Waals surface area contributed by atoms with Crippen molar-refractivity contribution in [3.8, 4) is 11.3 Å². The normalized spacial score (nSPS) is 28.1. The standard InChI is InChI=1S/C21H28F3N3O4/c1-12-9-15-14(17-16(12)18(26-31-17)20(3,28)21(22,23)24)10-27(25-15)13-5-7-19(2,8-6-13)30-11-29-4/h10,12-13,28H,5-9,11H2,1-4H3/t12-,13?,19?,20+/m0/s1. The zero-order valence-electron chi connectivity index (χ0n) is 18.1. The number of hydrogen-bond donors (Lipinski definition) is 1. The summed E-state index contributed by atoms with van der Waals surface area (Å²) in [5.41, 5.74) is -2.05. The van der Waals surface area contributed by atoms with Crippen LogP contribution in [0.5, 0.6) is 0 Å². The maximum atomic E-state index is 13.4. The summed E-state index contributed by atoms with van der Waals surface area (Å²) in [4.78, 5) is 0. The number of nitrogens with zero attached hydrogens (tertiary/aromatic N) is 3. The van der Waals surface area contributed by atoms with Crippen molar-refractivity contribution in [3.05, 3.63) is 23.1 Å². The molecule has 0 radical (unpaired) electrons. The molecular formula is C21H28F3N3O4. The Labute approximate surface area is 178 Å². The monoisotopic (exact) mass is 443 g/mol. The van der Waals surface area contributed by atoms with E-state index >= 15 is 0 Å². The molecule has 172 valence electrons. The van der Waals surface area contributed by atoms with Crippen LogP contribution in [0.4, 0.5) is 13.2 Å². The zero-order valence-corrected chi connectivity index (χ0v) is 18.1. The number of aliphatic hydroxyl groups is 1. The number of hydrogen-bond acceptors (Lipinski definition) is 6. The zero-order chi connectivity index (χ0) is 22.6. The van der Waals surface area contributed by atoms with Crippen molar-refractivity contribution in [2.45, 2.75) is 82.2 Å². The molecule has 4 rings (SSSR count). The Morgan fingerprint density at radius 2 is 2.00 bits per heavy atom. The van der Waals surface area contributed by atoms with E-state index in [0.29, 0.717) is 24.5 Å². The van der Waals surface area contributed by atoms with Crippen molar-refractivity contribution >= 4 is 0 Å². The molecule has 0 unspecified atom stereocenters. The molecule has 2 aliphatic carbocycles. The average Bonchev–Trinajstić information content (AvgIpc) is 3.31. The number of aromatic nitrogens is 3.